The van der Waals surface area contributed by atoms with Crippen molar-refractivity contribution >= 4 is 30.5 Å². The molecule has 6 rings (SSSR count). The Hall–Kier alpha value is -4.83. The number of hydrogen-bond donors (Lipinski definition) is 1. The largest absolute Gasteiger partial charge is 0.573 e. The van der Waals surface area contributed by atoms with Gasteiger partial charge in [0.05, 0.1) is 12.6 Å². The van der Waals surface area contributed by atoms with Crippen molar-refractivity contribution in [1.82, 2.24) is 4.90 Å². The fraction of sp³-hybridized carbons (Fsp3) is 0.139. The van der Waals surface area contributed by atoms with Crippen molar-refractivity contribution in [3.8, 4) is 17.2 Å². The third kappa shape index (κ3) is 8.55. The Morgan fingerprint density at radius 2 is 1.46 bits per heavy atom. The Kier molecular flexibility index (Phi) is 10.0. The van der Waals surface area contributed by atoms with Crippen molar-refractivity contribution in [1.29, 1.82) is 0 Å². The van der Waals surface area contributed by atoms with E-state index in [1.165, 1.54) is 29.5 Å². The molecule has 12 heteroatoms. The molecule has 0 bridgehead atoms. The number of aliphatic hydroxyl groups excluding tert-OH is 1. The van der Waals surface area contributed by atoms with E-state index in [4.69, 9.17) is 13.8 Å². The first-order valence-electron chi connectivity index (χ1n) is 14.9. The second-order valence-electron chi connectivity index (χ2n) is 10.8. The van der Waals surface area contributed by atoms with Gasteiger partial charge in [-0.05, 0) is 70.1 Å². The predicted octanol–water partition coefficient (Wildman–Crippen LogP) is 9.83. The predicted molar refractivity (Wildman–Crippen MR) is 180 cm³/mol. The summed E-state index contributed by atoms with van der Waals surface area (Å²) in [7, 11) is -4.33. The lowest BCUT2D eigenvalue weighted by atomic mass is 9.93. The van der Waals surface area contributed by atoms with Gasteiger partial charge in [-0.1, -0.05) is 84.9 Å². The van der Waals surface area contributed by atoms with Gasteiger partial charge in [-0.25, -0.2) is 4.57 Å². The first-order valence-corrected chi connectivity index (χ1v) is 17.3. The number of alkyl halides is 3. The maximum atomic E-state index is 14.7. The van der Waals surface area contributed by atoms with Gasteiger partial charge in [-0.2, -0.15) is 0 Å². The average molecular weight is 691 g/mol. The smallest absolute Gasteiger partial charge is 0.406 e. The highest BCUT2D eigenvalue weighted by atomic mass is 32.1. The summed E-state index contributed by atoms with van der Waals surface area (Å²) in [6.45, 7) is -0.00799. The van der Waals surface area contributed by atoms with Crippen molar-refractivity contribution in [2.75, 3.05) is 0 Å². The Labute approximate surface area is 279 Å². The van der Waals surface area contributed by atoms with Gasteiger partial charge < -0.3 is 23.8 Å². The molecule has 5 aromatic rings. The van der Waals surface area contributed by atoms with Crippen molar-refractivity contribution < 1.29 is 36.6 Å². The van der Waals surface area contributed by atoms with Crippen LogP contribution in [0.4, 0.5) is 13.2 Å². The van der Waals surface area contributed by atoms with Gasteiger partial charge in [-0.3, -0.25) is 0 Å². The third-order valence-electron chi connectivity index (χ3n) is 7.37. The van der Waals surface area contributed by atoms with Gasteiger partial charge >= 0.3 is 14.1 Å². The topological polar surface area (TPSA) is 80.6 Å². The zero-order valence-corrected chi connectivity index (χ0v) is 27.1. The molecule has 1 aliphatic heterocycles. The number of rotatable bonds is 11. The molecule has 0 spiro atoms. The van der Waals surface area contributed by atoms with E-state index in [1.807, 2.05) is 46.7 Å². The van der Waals surface area contributed by atoms with E-state index in [1.54, 1.807) is 66.7 Å². The number of ether oxygens (including phenoxy) is 1. The molecule has 0 fully saturated rings. The Morgan fingerprint density at radius 1 is 0.812 bits per heavy atom. The number of nitrogens with zero attached hydrogens (tertiary/aromatic N) is 2. The summed E-state index contributed by atoms with van der Waals surface area (Å²) < 4.78 is 75.0. The lowest BCUT2D eigenvalue weighted by Gasteiger charge is -2.37. The standard InChI is InChI=1S/C36H30F3N2O5PS/c37-36(38,39)44-32-14-7-9-27(21-32)24-41-33(34-15-8-20-48-34)22-29(28-18-16-26(25-42)17-19-28)23-35(41)40-47(43,45-30-10-3-1-4-11-30)46-31-12-5-2-6-13-31/h1-22,33,42H,23-25H2/b40-35-. The summed E-state index contributed by atoms with van der Waals surface area (Å²) in [5.41, 5.74) is 2.99. The van der Waals surface area contributed by atoms with E-state index in [0.717, 1.165) is 21.6 Å². The number of aliphatic hydroxyl groups is 1. The zero-order valence-electron chi connectivity index (χ0n) is 25.4. The first-order chi connectivity index (χ1) is 23.2. The first kappa shape index (κ1) is 33.1. The second-order valence-corrected chi connectivity index (χ2v) is 13.3. The van der Waals surface area contributed by atoms with E-state index < -0.39 is 20.2 Å². The van der Waals surface area contributed by atoms with E-state index in [0.29, 0.717) is 11.4 Å². The lowest BCUT2D eigenvalue weighted by Crippen LogP contribution is -2.36. The normalized spacial score (nSPS) is 16.0. The molecule has 0 radical (unpaired) electrons. The molecule has 1 unspecified atom stereocenters. The molecular weight excluding hydrogens is 660 g/mol. The maximum Gasteiger partial charge on any atom is 0.573 e. The summed E-state index contributed by atoms with van der Waals surface area (Å²) >= 11 is 1.50. The van der Waals surface area contributed by atoms with E-state index >= 15 is 0 Å². The molecule has 4 aromatic carbocycles. The van der Waals surface area contributed by atoms with Crippen LogP contribution in [0.1, 0.15) is 34.0 Å². The molecule has 7 nitrogen and oxygen atoms in total. The van der Waals surface area contributed by atoms with Gasteiger partial charge in [0.1, 0.15) is 23.1 Å². The summed E-state index contributed by atoms with van der Waals surface area (Å²) in [6.07, 6.45) is -2.59. The van der Waals surface area contributed by atoms with Crippen LogP contribution in [0.15, 0.2) is 138 Å². The van der Waals surface area contributed by atoms with Crippen LogP contribution in [0.25, 0.3) is 5.57 Å². The van der Waals surface area contributed by atoms with Crippen LogP contribution >= 0.6 is 19.1 Å². The molecule has 2 heterocycles. The summed E-state index contributed by atoms with van der Waals surface area (Å²) in [4.78, 5) is 2.82. The minimum absolute atomic E-state index is 0.0976. The van der Waals surface area contributed by atoms with Crippen molar-refractivity contribution in [2.24, 2.45) is 4.76 Å². The highest BCUT2D eigenvalue weighted by Crippen LogP contribution is 2.52. The molecule has 246 valence electrons. The monoisotopic (exact) mass is 690 g/mol. The van der Waals surface area contributed by atoms with E-state index in [9.17, 15) is 22.8 Å². The molecule has 1 aliphatic rings. The molecule has 0 aliphatic carbocycles. The summed E-state index contributed by atoms with van der Waals surface area (Å²) in [6, 6.07) is 33.8. The van der Waals surface area contributed by atoms with Crippen LogP contribution in [0.3, 0.4) is 0 Å². The van der Waals surface area contributed by atoms with Crippen molar-refractivity contribution in [3.63, 3.8) is 0 Å². The number of para-hydroxylation sites is 2. The SMILES string of the molecule is O=P(/N=C1/CC(c2ccc(CO)cc2)=CC(c2cccs2)N1Cc1cccc(OC(F)(F)F)c1)(Oc1ccccc1)Oc1ccccc1. The van der Waals surface area contributed by atoms with Crippen LogP contribution in [0.2, 0.25) is 0 Å². The molecule has 0 saturated carbocycles. The van der Waals surface area contributed by atoms with Crippen LogP contribution in [0.5, 0.6) is 17.2 Å². The molecular formula is C36H30F3N2O5PS. The minimum Gasteiger partial charge on any atom is -0.406 e. The molecule has 1 atom stereocenters. The van der Waals surface area contributed by atoms with Gasteiger partial charge in [0, 0.05) is 17.8 Å². The summed E-state index contributed by atoms with van der Waals surface area (Å²) in [5.74, 6) is 0.555. The minimum atomic E-state index is -4.85. The highest BCUT2D eigenvalue weighted by molar-refractivity contribution is 7.53. The Morgan fingerprint density at radius 3 is 2.04 bits per heavy atom. The van der Waals surface area contributed by atoms with Crippen LogP contribution in [-0.2, 0) is 17.7 Å². The third-order valence-corrected chi connectivity index (χ3v) is 9.67. The van der Waals surface area contributed by atoms with Crippen molar-refractivity contribution in [3.05, 3.63) is 154 Å². The van der Waals surface area contributed by atoms with Gasteiger partial charge in [0.2, 0.25) is 0 Å². The second kappa shape index (κ2) is 14.5. The molecule has 0 saturated heterocycles. The van der Waals surface area contributed by atoms with Gasteiger partial charge in [0.25, 0.3) is 0 Å². The fourth-order valence-corrected chi connectivity index (χ4v) is 7.41. The van der Waals surface area contributed by atoms with Crippen molar-refractivity contribution in [2.45, 2.75) is 32.0 Å². The van der Waals surface area contributed by atoms with Gasteiger partial charge in [0.15, 0.2) is 0 Å². The maximum absolute atomic E-state index is 14.7. The van der Waals surface area contributed by atoms with Crippen LogP contribution in [0, 0.1) is 0 Å². The molecule has 48 heavy (non-hydrogen) atoms. The highest BCUT2D eigenvalue weighted by Gasteiger charge is 2.36. The van der Waals surface area contributed by atoms with E-state index in [2.05, 4.69) is 10.8 Å². The summed E-state index contributed by atoms with van der Waals surface area (Å²) in [5, 5.41) is 11.5. The van der Waals surface area contributed by atoms with Gasteiger partial charge in [-0.15, -0.1) is 29.3 Å². The molecule has 1 aromatic heterocycles. The molecule has 1 N–H and O–H groups in total. The Bertz CT molecular complexity index is 1870. The number of halogens is 3. The van der Waals surface area contributed by atoms with E-state index in [-0.39, 0.29) is 36.8 Å². The number of amidine groups is 1. The fourth-order valence-electron chi connectivity index (χ4n) is 5.24. The zero-order chi connectivity index (χ0) is 33.6. The quantitative estimate of drug-likeness (QED) is 0.139. The average Bonchev–Trinajstić information content (AvgIpc) is 3.61. The number of benzene rings is 4. The van der Waals surface area contributed by atoms with Crippen LogP contribution < -0.4 is 13.8 Å². The Balaban J connectivity index is 1.48. The van der Waals surface area contributed by atoms with Crippen LogP contribution in [-0.4, -0.2) is 22.2 Å². The lowest BCUT2D eigenvalue weighted by molar-refractivity contribution is -0.274. The number of thiophene rings is 1. The number of hydrogen-bond acceptors (Lipinski definition) is 6. The molecule has 0 amide bonds.